The van der Waals surface area contributed by atoms with Gasteiger partial charge in [0, 0.05) is 18.8 Å². The molecule has 37 heavy (non-hydrogen) atoms. The molecule has 2 aliphatic rings. The first-order valence-electron chi connectivity index (χ1n) is 11.8. The molecule has 1 heterocycles. The van der Waals surface area contributed by atoms with E-state index in [4.69, 9.17) is 14.3 Å². The Hall–Kier alpha value is -4.47. The smallest absolute Gasteiger partial charge is 0.407 e. The van der Waals surface area contributed by atoms with Crippen LogP contribution < -0.4 is 5.32 Å². The van der Waals surface area contributed by atoms with Crippen molar-refractivity contribution < 1.29 is 38.3 Å². The van der Waals surface area contributed by atoms with Crippen LogP contribution in [0.2, 0.25) is 0 Å². The number of esters is 1. The molecule has 2 aromatic carbocycles. The molecule has 1 unspecified atom stereocenters. The lowest BCUT2D eigenvalue weighted by atomic mass is 9.98. The van der Waals surface area contributed by atoms with Gasteiger partial charge >= 0.3 is 18.0 Å². The lowest BCUT2D eigenvalue weighted by Crippen LogP contribution is -2.43. The SMILES string of the molecule is C=CCOC(=O)C(CCC(=O)ON1C(=O)CCC1=O)NC(=O)OCC1c2ccccc2-c2ccccc21. The topological polar surface area (TPSA) is 128 Å². The number of fused-ring (bicyclic) bond motifs is 3. The second kappa shape index (κ2) is 11.5. The molecule has 0 bridgehead atoms. The fourth-order valence-electron chi connectivity index (χ4n) is 4.34. The summed E-state index contributed by atoms with van der Waals surface area (Å²) >= 11 is 0. The Morgan fingerprint density at radius 2 is 1.57 bits per heavy atom. The van der Waals surface area contributed by atoms with Crippen molar-refractivity contribution in [2.24, 2.45) is 0 Å². The molecule has 3 amide bonds. The van der Waals surface area contributed by atoms with Gasteiger partial charge in [0.1, 0.15) is 19.3 Å². The molecule has 0 aromatic heterocycles. The Morgan fingerprint density at radius 3 is 2.16 bits per heavy atom. The van der Waals surface area contributed by atoms with Crippen molar-refractivity contribution >= 4 is 29.8 Å². The zero-order valence-corrected chi connectivity index (χ0v) is 20.0. The lowest BCUT2D eigenvalue weighted by molar-refractivity contribution is -0.197. The summed E-state index contributed by atoms with van der Waals surface area (Å²) in [4.78, 5) is 65.4. The second-order valence-electron chi connectivity index (χ2n) is 8.53. The van der Waals surface area contributed by atoms with Crippen LogP contribution in [0, 0.1) is 0 Å². The van der Waals surface area contributed by atoms with Crippen LogP contribution in [0.3, 0.4) is 0 Å². The fraction of sp³-hybridized carbons (Fsp3) is 0.296. The summed E-state index contributed by atoms with van der Waals surface area (Å²) in [6.45, 7) is 3.42. The van der Waals surface area contributed by atoms with Gasteiger partial charge < -0.3 is 19.6 Å². The molecule has 1 saturated heterocycles. The maximum Gasteiger partial charge on any atom is 0.407 e. The van der Waals surface area contributed by atoms with E-state index < -0.39 is 35.9 Å². The van der Waals surface area contributed by atoms with Crippen molar-refractivity contribution in [2.45, 2.75) is 37.6 Å². The van der Waals surface area contributed by atoms with Gasteiger partial charge in [-0.2, -0.15) is 0 Å². The number of carbonyl (C=O) groups is 5. The van der Waals surface area contributed by atoms with Crippen LogP contribution >= 0.6 is 0 Å². The third-order valence-electron chi connectivity index (χ3n) is 6.10. The molecule has 1 N–H and O–H groups in total. The summed E-state index contributed by atoms with van der Waals surface area (Å²) in [7, 11) is 0. The number of rotatable bonds is 10. The van der Waals surface area contributed by atoms with E-state index in [1.165, 1.54) is 6.08 Å². The maximum absolute atomic E-state index is 12.6. The van der Waals surface area contributed by atoms with Gasteiger partial charge in [0.2, 0.25) is 0 Å². The van der Waals surface area contributed by atoms with Crippen molar-refractivity contribution in [3.63, 3.8) is 0 Å². The number of carbonyl (C=O) groups excluding carboxylic acids is 5. The molecule has 4 rings (SSSR count). The normalized spacial score (nSPS) is 15.0. The molecule has 0 spiro atoms. The van der Waals surface area contributed by atoms with Gasteiger partial charge in [-0.15, -0.1) is 5.06 Å². The molecule has 192 valence electrons. The van der Waals surface area contributed by atoms with Crippen LogP contribution in [0.25, 0.3) is 11.1 Å². The van der Waals surface area contributed by atoms with E-state index in [1.54, 1.807) is 0 Å². The highest BCUT2D eigenvalue weighted by molar-refractivity contribution is 6.01. The summed E-state index contributed by atoms with van der Waals surface area (Å²) in [5.74, 6) is -3.10. The molecule has 0 saturated carbocycles. The number of hydrogen-bond donors (Lipinski definition) is 1. The van der Waals surface area contributed by atoms with E-state index >= 15 is 0 Å². The first-order chi connectivity index (χ1) is 17.9. The predicted octanol–water partition coefficient (Wildman–Crippen LogP) is 3.01. The molecule has 1 fully saturated rings. The van der Waals surface area contributed by atoms with Gasteiger partial charge in [-0.05, 0) is 28.7 Å². The van der Waals surface area contributed by atoms with Crippen LogP contribution in [0.1, 0.15) is 42.7 Å². The average molecular weight is 507 g/mol. The van der Waals surface area contributed by atoms with Gasteiger partial charge in [0.05, 0.1) is 6.42 Å². The van der Waals surface area contributed by atoms with Gasteiger partial charge in [-0.25, -0.2) is 14.4 Å². The number of amides is 3. The van der Waals surface area contributed by atoms with Gasteiger partial charge in [0.15, 0.2) is 0 Å². The van der Waals surface area contributed by atoms with Crippen molar-refractivity contribution in [3.05, 3.63) is 72.3 Å². The molecular formula is C27H26N2O8. The highest BCUT2D eigenvalue weighted by Crippen LogP contribution is 2.44. The van der Waals surface area contributed by atoms with Gasteiger partial charge in [-0.1, -0.05) is 61.2 Å². The van der Waals surface area contributed by atoms with Crippen LogP contribution in [0.4, 0.5) is 4.79 Å². The predicted molar refractivity (Wildman–Crippen MR) is 130 cm³/mol. The van der Waals surface area contributed by atoms with Crippen molar-refractivity contribution in [3.8, 4) is 11.1 Å². The van der Waals surface area contributed by atoms with Crippen LogP contribution in [0.5, 0.6) is 0 Å². The van der Waals surface area contributed by atoms with E-state index in [9.17, 15) is 24.0 Å². The van der Waals surface area contributed by atoms with Crippen LogP contribution in [0.15, 0.2) is 61.2 Å². The summed E-state index contributed by atoms with van der Waals surface area (Å²) in [6, 6.07) is 14.5. The summed E-state index contributed by atoms with van der Waals surface area (Å²) in [6.07, 6.45) is -0.135. The van der Waals surface area contributed by atoms with E-state index in [1.807, 2.05) is 48.5 Å². The molecule has 1 aliphatic heterocycles. The average Bonchev–Trinajstić information content (AvgIpc) is 3.40. The Kier molecular flexibility index (Phi) is 7.97. The van der Waals surface area contributed by atoms with Crippen molar-refractivity contribution in [1.29, 1.82) is 0 Å². The first-order valence-corrected chi connectivity index (χ1v) is 11.8. The van der Waals surface area contributed by atoms with Crippen molar-refractivity contribution in [1.82, 2.24) is 10.4 Å². The van der Waals surface area contributed by atoms with Gasteiger partial charge in [0.25, 0.3) is 11.8 Å². The number of imide groups is 1. The van der Waals surface area contributed by atoms with Crippen molar-refractivity contribution in [2.75, 3.05) is 13.2 Å². The molecule has 0 radical (unpaired) electrons. The lowest BCUT2D eigenvalue weighted by Gasteiger charge is -2.19. The highest BCUT2D eigenvalue weighted by atomic mass is 16.7. The second-order valence-corrected chi connectivity index (χ2v) is 8.53. The summed E-state index contributed by atoms with van der Waals surface area (Å²) in [5, 5.41) is 2.86. The molecule has 1 atom stereocenters. The first kappa shape index (κ1) is 25.6. The number of ether oxygens (including phenoxy) is 2. The van der Waals surface area contributed by atoms with Crippen LogP contribution in [-0.4, -0.2) is 54.2 Å². The number of hydroxylamine groups is 2. The Balaban J connectivity index is 1.36. The Labute approximate surface area is 213 Å². The monoisotopic (exact) mass is 506 g/mol. The molecule has 2 aromatic rings. The number of nitrogens with zero attached hydrogens (tertiary/aromatic N) is 1. The minimum absolute atomic E-state index is 0.0358. The number of alkyl carbamates (subject to hydrolysis) is 1. The van der Waals surface area contributed by atoms with E-state index in [0.29, 0.717) is 5.06 Å². The number of benzene rings is 2. The maximum atomic E-state index is 12.6. The molecule has 10 heteroatoms. The van der Waals surface area contributed by atoms with E-state index in [0.717, 1.165) is 22.3 Å². The number of hydrogen-bond acceptors (Lipinski definition) is 8. The van der Waals surface area contributed by atoms with Gasteiger partial charge in [-0.3, -0.25) is 9.59 Å². The van der Waals surface area contributed by atoms with Crippen LogP contribution in [-0.2, 0) is 33.5 Å². The third-order valence-corrected chi connectivity index (χ3v) is 6.10. The quantitative estimate of drug-likeness (QED) is 0.296. The minimum Gasteiger partial charge on any atom is -0.460 e. The third kappa shape index (κ3) is 5.85. The largest absolute Gasteiger partial charge is 0.460 e. The summed E-state index contributed by atoms with van der Waals surface area (Å²) in [5.41, 5.74) is 4.22. The standard InChI is InChI=1S/C27H26N2O8/c1-2-15-35-26(33)22(11-14-25(32)37-29-23(30)12-13-24(29)31)28-27(34)36-16-21-19-9-5-3-7-17(19)18-8-4-6-10-20(18)21/h2-10,21-22H,1,11-16H2,(H,28,34). The fourth-order valence-corrected chi connectivity index (χ4v) is 4.34. The van der Waals surface area contributed by atoms with E-state index in [-0.39, 0.29) is 44.8 Å². The highest BCUT2D eigenvalue weighted by Gasteiger charge is 2.34. The minimum atomic E-state index is -1.23. The zero-order chi connectivity index (χ0) is 26.4. The molecule has 1 aliphatic carbocycles. The Bertz CT molecular complexity index is 1180. The molecular weight excluding hydrogens is 480 g/mol. The summed E-state index contributed by atoms with van der Waals surface area (Å²) < 4.78 is 10.5. The van der Waals surface area contributed by atoms with E-state index in [2.05, 4.69) is 11.9 Å². The molecule has 10 nitrogen and oxygen atoms in total. The number of nitrogens with one attached hydrogen (secondary N) is 1. The Morgan fingerprint density at radius 1 is 0.973 bits per heavy atom. The zero-order valence-electron chi connectivity index (χ0n) is 20.0.